The maximum Gasteiger partial charge on any atom is 0.253 e. The van der Waals surface area contributed by atoms with E-state index in [4.69, 9.17) is 0 Å². The van der Waals surface area contributed by atoms with E-state index in [0.29, 0.717) is 13.1 Å². The monoisotopic (exact) mass is 567 g/mol. The number of likely N-dealkylation sites (N-methyl/N-ethyl adjacent to an activating group) is 1. The molecule has 0 aliphatic carbocycles. The molecular weight excluding hydrogens is 518 g/mol. The van der Waals surface area contributed by atoms with Crippen LogP contribution in [0.25, 0.3) is 22.2 Å². The van der Waals surface area contributed by atoms with Crippen LogP contribution in [0.3, 0.4) is 0 Å². The van der Waals surface area contributed by atoms with E-state index in [0.717, 1.165) is 57.4 Å². The van der Waals surface area contributed by atoms with E-state index in [1.54, 1.807) is 0 Å². The van der Waals surface area contributed by atoms with Crippen LogP contribution in [-0.2, 0) is 19.4 Å². The Morgan fingerprint density at radius 1 is 0.881 bits per heavy atom. The molecule has 224 valence electrons. The van der Waals surface area contributed by atoms with Crippen molar-refractivity contribution in [2.24, 2.45) is 0 Å². The Bertz CT molecular complexity index is 1430. The summed E-state index contributed by atoms with van der Waals surface area (Å²) < 4.78 is 2.49. The van der Waals surface area contributed by atoms with E-state index < -0.39 is 0 Å². The molecule has 6 heteroatoms. The van der Waals surface area contributed by atoms with Gasteiger partial charge in [0.2, 0.25) is 0 Å². The molecule has 0 radical (unpaired) electrons. The number of aromatic nitrogens is 2. The van der Waals surface area contributed by atoms with E-state index >= 15 is 0 Å². The maximum absolute atomic E-state index is 13.4. The molecule has 6 nitrogen and oxygen atoms in total. The fourth-order valence-electron chi connectivity index (χ4n) is 5.94. The maximum atomic E-state index is 13.4. The number of aryl methyl sites for hydroxylation is 3. The van der Waals surface area contributed by atoms with Crippen LogP contribution in [0.2, 0.25) is 0 Å². The van der Waals surface area contributed by atoms with Crippen LogP contribution < -0.4 is 5.32 Å². The van der Waals surface area contributed by atoms with E-state index in [2.05, 4.69) is 90.2 Å². The molecule has 0 bridgehead atoms. The first-order chi connectivity index (χ1) is 20.3. The Hall–Kier alpha value is -3.48. The molecule has 0 atom stereocenters. The molecule has 0 aliphatic rings. The molecule has 2 heterocycles. The second kappa shape index (κ2) is 15.1. The fourth-order valence-corrected chi connectivity index (χ4v) is 5.94. The molecular formula is C36H49N5O. The third-order valence-electron chi connectivity index (χ3n) is 8.10. The van der Waals surface area contributed by atoms with Crippen molar-refractivity contribution >= 4 is 16.8 Å². The highest BCUT2D eigenvalue weighted by atomic mass is 16.2. The summed E-state index contributed by atoms with van der Waals surface area (Å²) in [5.74, 6) is 0.106. The van der Waals surface area contributed by atoms with Crippen molar-refractivity contribution in [2.45, 2.75) is 59.9 Å². The predicted molar refractivity (Wildman–Crippen MR) is 176 cm³/mol. The highest BCUT2D eigenvalue weighted by molar-refractivity contribution is 6.01. The summed E-state index contributed by atoms with van der Waals surface area (Å²) in [6.45, 7) is 13.6. The Labute approximate surface area is 252 Å². The van der Waals surface area contributed by atoms with Crippen LogP contribution >= 0.6 is 0 Å². The molecule has 1 N–H and O–H groups in total. The van der Waals surface area contributed by atoms with Crippen LogP contribution in [0.15, 0.2) is 60.9 Å². The van der Waals surface area contributed by atoms with Gasteiger partial charge in [0.1, 0.15) is 0 Å². The summed E-state index contributed by atoms with van der Waals surface area (Å²) in [6.07, 6.45) is 8.03. The normalized spacial score (nSPS) is 11.5. The highest BCUT2D eigenvalue weighted by Crippen LogP contribution is 2.36. The molecule has 0 fully saturated rings. The van der Waals surface area contributed by atoms with E-state index in [1.807, 2.05) is 37.2 Å². The number of nitrogens with one attached hydrogen (secondary N) is 1. The van der Waals surface area contributed by atoms with Crippen molar-refractivity contribution in [1.29, 1.82) is 0 Å². The third kappa shape index (κ3) is 7.87. The van der Waals surface area contributed by atoms with Gasteiger partial charge in [0.15, 0.2) is 0 Å². The lowest BCUT2D eigenvalue weighted by Gasteiger charge is -2.19. The molecule has 1 amide bonds. The molecule has 0 saturated heterocycles. The molecule has 0 saturated carbocycles. The molecule has 4 aromatic rings. The standard InChI is InChI=1S/C36H49N5O/c1-7-40(8-2)36(42)30-12-13-34-33(26-30)32(16-20-37-17-10-9-11-29-14-18-38-19-15-29)35(41(34)22-21-39(5)6)31-24-27(3)23-28(4)25-31/h12-15,18-19,23-26,37H,7-11,16-17,20-22H2,1-6H3. The smallest absolute Gasteiger partial charge is 0.253 e. The first-order valence-corrected chi connectivity index (χ1v) is 15.6. The molecule has 4 rings (SSSR count). The molecule has 42 heavy (non-hydrogen) atoms. The number of rotatable bonds is 15. The van der Waals surface area contributed by atoms with Gasteiger partial charge >= 0.3 is 0 Å². The Kier molecular flexibility index (Phi) is 11.3. The minimum atomic E-state index is 0.106. The zero-order valence-electron chi connectivity index (χ0n) is 26.5. The van der Waals surface area contributed by atoms with Gasteiger partial charge in [0.05, 0.1) is 5.69 Å². The van der Waals surface area contributed by atoms with Gasteiger partial charge in [-0.1, -0.05) is 17.2 Å². The number of unbranched alkanes of at least 4 members (excludes halogenated alkanes) is 1. The van der Waals surface area contributed by atoms with E-state index in [9.17, 15) is 4.79 Å². The zero-order valence-corrected chi connectivity index (χ0v) is 26.5. The Morgan fingerprint density at radius 2 is 1.60 bits per heavy atom. The zero-order chi connectivity index (χ0) is 30.1. The summed E-state index contributed by atoms with van der Waals surface area (Å²) in [5.41, 5.74) is 9.73. The van der Waals surface area contributed by atoms with Gasteiger partial charge in [-0.05, 0) is 140 Å². The van der Waals surface area contributed by atoms with Gasteiger partial charge in [-0.15, -0.1) is 0 Å². The summed E-state index contributed by atoms with van der Waals surface area (Å²) in [7, 11) is 4.26. The number of benzene rings is 2. The lowest BCUT2D eigenvalue weighted by molar-refractivity contribution is 0.0773. The third-order valence-corrected chi connectivity index (χ3v) is 8.10. The molecule has 0 spiro atoms. The van der Waals surface area contributed by atoms with E-state index in [-0.39, 0.29) is 5.91 Å². The molecule has 2 aromatic heterocycles. The van der Waals surface area contributed by atoms with Crippen LogP contribution in [0, 0.1) is 13.8 Å². The molecule has 0 aliphatic heterocycles. The average Bonchev–Trinajstić information content (AvgIpc) is 3.28. The van der Waals surface area contributed by atoms with Crippen molar-refractivity contribution in [3.63, 3.8) is 0 Å². The second-order valence-corrected chi connectivity index (χ2v) is 11.7. The van der Waals surface area contributed by atoms with Gasteiger partial charge in [-0.2, -0.15) is 0 Å². The number of nitrogens with zero attached hydrogens (tertiary/aromatic N) is 4. The van der Waals surface area contributed by atoms with Gasteiger partial charge in [-0.25, -0.2) is 0 Å². The number of amides is 1. The van der Waals surface area contributed by atoms with Crippen molar-refractivity contribution < 1.29 is 4.79 Å². The minimum Gasteiger partial charge on any atom is -0.339 e. The SMILES string of the molecule is CCN(CC)C(=O)c1ccc2c(c1)c(CCNCCCCc1ccncc1)c(-c1cc(C)cc(C)c1)n2CCN(C)C. The van der Waals surface area contributed by atoms with Crippen LogP contribution in [-0.4, -0.2) is 72.1 Å². The lowest BCUT2D eigenvalue weighted by Crippen LogP contribution is -2.30. The van der Waals surface area contributed by atoms with E-state index in [1.165, 1.54) is 44.4 Å². The number of carbonyl (C=O) groups is 1. The topological polar surface area (TPSA) is 53.4 Å². The first-order valence-electron chi connectivity index (χ1n) is 15.6. The minimum absolute atomic E-state index is 0.106. The van der Waals surface area contributed by atoms with Crippen LogP contribution in [0.5, 0.6) is 0 Å². The Morgan fingerprint density at radius 3 is 2.26 bits per heavy atom. The summed E-state index contributed by atoms with van der Waals surface area (Å²) >= 11 is 0. The van der Waals surface area contributed by atoms with Gasteiger partial charge < -0.3 is 19.7 Å². The number of pyridine rings is 1. The second-order valence-electron chi connectivity index (χ2n) is 11.7. The quantitative estimate of drug-likeness (QED) is 0.166. The van der Waals surface area contributed by atoms with Gasteiger partial charge in [0, 0.05) is 55.0 Å². The first kappa shape index (κ1) is 31.5. The van der Waals surface area contributed by atoms with Crippen molar-refractivity contribution in [3.05, 3.63) is 88.7 Å². The summed E-state index contributed by atoms with van der Waals surface area (Å²) in [5, 5.41) is 4.91. The fraction of sp³-hybridized carbons (Fsp3) is 0.444. The largest absolute Gasteiger partial charge is 0.339 e. The van der Waals surface area contributed by atoms with Gasteiger partial charge in [0.25, 0.3) is 5.91 Å². The number of carbonyl (C=O) groups excluding carboxylic acids is 1. The molecule has 2 aromatic carbocycles. The number of hydrogen-bond donors (Lipinski definition) is 1. The van der Waals surface area contributed by atoms with Crippen molar-refractivity contribution in [2.75, 3.05) is 46.8 Å². The molecule has 0 unspecified atom stereocenters. The summed E-state index contributed by atoms with van der Waals surface area (Å²) in [6, 6.07) is 17.4. The van der Waals surface area contributed by atoms with Crippen molar-refractivity contribution in [1.82, 2.24) is 24.7 Å². The average molecular weight is 568 g/mol. The van der Waals surface area contributed by atoms with Crippen LogP contribution in [0.4, 0.5) is 0 Å². The number of hydrogen-bond acceptors (Lipinski definition) is 4. The highest BCUT2D eigenvalue weighted by Gasteiger charge is 2.21. The van der Waals surface area contributed by atoms with Gasteiger partial charge in [-0.3, -0.25) is 9.78 Å². The Balaban J connectivity index is 1.66. The number of fused-ring (bicyclic) bond motifs is 1. The lowest BCUT2D eigenvalue weighted by atomic mass is 9.98. The summed E-state index contributed by atoms with van der Waals surface area (Å²) in [4.78, 5) is 21.7. The predicted octanol–water partition coefficient (Wildman–Crippen LogP) is 6.52. The van der Waals surface area contributed by atoms with Crippen molar-refractivity contribution in [3.8, 4) is 11.3 Å². The van der Waals surface area contributed by atoms with Crippen LogP contribution in [0.1, 0.15) is 59.3 Å².